The summed E-state index contributed by atoms with van der Waals surface area (Å²) in [5.74, 6) is -1.08. The molecule has 0 saturated carbocycles. The Labute approximate surface area is 174 Å². The number of nitrogens with two attached hydrogens (primary N) is 1. The molecule has 0 saturated heterocycles. The van der Waals surface area contributed by atoms with Crippen molar-refractivity contribution >= 4 is 17.5 Å². The molecule has 0 aliphatic carbocycles. The van der Waals surface area contributed by atoms with Crippen LogP contribution in [0.25, 0.3) is 11.3 Å². The van der Waals surface area contributed by atoms with Crippen LogP contribution in [0.15, 0.2) is 54.6 Å². The molecule has 8 heteroatoms. The van der Waals surface area contributed by atoms with Gasteiger partial charge in [-0.1, -0.05) is 12.1 Å². The van der Waals surface area contributed by atoms with E-state index in [2.05, 4.69) is 15.5 Å². The Kier molecular flexibility index (Phi) is 6.92. The van der Waals surface area contributed by atoms with Gasteiger partial charge in [0.1, 0.15) is 5.82 Å². The number of aromatic nitrogens is 2. The van der Waals surface area contributed by atoms with E-state index in [0.717, 1.165) is 29.8 Å². The Balaban J connectivity index is 1.45. The average Bonchev–Trinajstić information content (AvgIpc) is 3.17. The zero-order chi connectivity index (χ0) is 21.5. The molecule has 0 fully saturated rings. The lowest BCUT2D eigenvalue weighted by molar-refractivity contribution is -0.117. The summed E-state index contributed by atoms with van der Waals surface area (Å²) in [7, 11) is 1.86. The predicted molar refractivity (Wildman–Crippen MR) is 113 cm³/mol. The standard InChI is InChI=1S/C22H24FN5O2/c1-28(14-21(29)25-19-7-3-2-6-18(19)22(24)30)12-4-5-17-13-20(27-26-17)15-8-10-16(23)11-9-15/h2-3,6-11,13H,4-5,12,14H2,1H3,(H2,24,30)(H,25,29)(H,26,27). The molecule has 1 aromatic heterocycles. The number of carbonyl (C=O) groups is 2. The van der Waals surface area contributed by atoms with Crippen LogP contribution in [0, 0.1) is 5.82 Å². The van der Waals surface area contributed by atoms with Gasteiger partial charge in [0, 0.05) is 11.3 Å². The molecule has 0 aliphatic rings. The fourth-order valence-corrected chi connectivity index (χ4v) is 3.12. The minimum absolute atomic E-state index is 0.191. The Morgan fingerprint density at radius 3 is 2.63 bits per heavy atom. The minimum atomic E-state index is -0.584. The SMILES string of the molecule is CN(CCCc1cc(-c2ccc(F)cc2)n[nH]1)CC(=O)Nc1ccccc1C(N)=O. The number of amides is 2. The van der Waals surface area contributed by atoms with Crippen LogP contribution >= 0.6 is 0 Å². The fraction of sp³-hybridized carbons (Fsp3) is 0.227. The second kappa shape index (κ2) is 9.80. The van der Waals surface area contributed by atoms with E-state index in [1.807, 2.05) is 18.0 Å². The van der Waals surface area contributed by atoms with E-state index in [9.17, 15) is 14.0 Å². The fourth-order valence-electron chi connectivity index (χ4n) is 3.12. The van der Waals surface area contributed by atoms with Crippen LogP contribution in [0.4, 0.5) is 10.1 Å². The highest BCUT2D eigenvalue weighted by Crippen LogP contribution is 2.18. The normalized spacial score (nSPS) is 10.9. The summed E-state index contributed by atoms with van der Waals surface area (Å²) in [6, 6.07) is 14.8. The van der Waals surface area contributed by atoms with Crippen LogP contribution in [0.3, 0.4) is 0 Å². The molecule has 0 atom stereocenters. The average molecular weight is 409 g/mol. The zero-order valence-corrected chi connectivity index (χ0v) is 16.7. The van der Waals surface area contributed by atoms with Gasteiger partial charge in [0.05, 0.1) is 23.5 Å². The van der Waals surface area contributed by atoms with Gasteiger partial charge in [-0.15, -0.1) is 0 Å². The highest BCUT2D eigenvalue weighted by Gasteiger charge is 2.12. The zero-order valence-electron chi connectivity index (χ0n) is 16.7. The molecule has 0 radical (unpaired) electrons. The predicted octanol–water partition coefficient (Wildman–Crippen LogP) is 2.82. The van der Waals surface area contributed by atoms with Gasteiger partial charge in [-0.05, 0) is 68.9 Å². The van der Waals surface area contributed by atoms with Crippen molar-refractivity contribution in [1.82, 2.24) is 15.1 Å². The topological polar surface area (TPSA) is 104 Å². The summed E-state index contributed by atoms with van der Waals surface area (Å²) < 4.78 is 13.0. The molecule has 0 bridgehead atoms. The first-order valence-electron chi connectivity index (χ1n) is 9.60. The maximum absolute atomic E-state index is 13.0. The van der Waals surface area contributed by atoms with E-state index in [-0.39, 0.29) is 23.8 Å². The van der Waals surface area contributed by atoms with Crippen molar-refractivity contribution in [3.05, 3.63) is 71.7 Å². The molecule has 2 amide bonds. The molecule has 0 aliphatic heterocycles. The van der Waals surface area contributed by atoms with Gasteiger partial charge in [-0.2, -0.15) is 5.10 Å². The van der Waals surface area contributed by atoms with Gasteiger partial charge in [0.2, 0.25) is 5.91 Å². The Bertz CT molecular complexity index is 1020. The molecule has 3 rings (SSSR count). The molecule has 156 valence electrons. The van der Waals surface area contributed by atoms with Crippen molar-refractivity contribution < 1.29 is 14.0 Å². The largest absolute Gasteiger partial charge is 0.366 e. The number of primary amides is 1. The van der Waals surface area contributed by atoms with Crippen molar-refractivity contribution in [3.63, 3.8) is 0 Å². The number of nitrogens with zero attached hydrogens (tertiary/aromatic N) is 2. The van der Waals surface area contributed by atoms with Crippen molar-refractivity contribution in [1.29, 1.82) is 0 Å². The Morgan fingerprint density at radius 2 is 1.90 bits per heavy atom. The first kappa shape index (κ1) is 21.2. The lowest BCUT2D eigenvalue weighted by Gasteiger charge is -2.16. The molecule has 3 aromatic rings. The van der Waals surface area contributed by atoms with Crippen LogP contribution in [0.5, 0.6) is 0 Å². The minimum Gasteiger partial charge on any atom is -0.366 e. The first-order chi connectivity index (χ1) is 14.4. The van der Waals surface area contributed by atoms with E-state index in [1.54, 1.807) is 36.4 Å². The number of anilines is 1. The molecule has 4 N–H and O–H groups in total. The molecule has 7 nitrogen and oxygen atoms in total. The van der Waals surface area contributed by atoms with Crippen molar-refractivity contribution in [2.24, 2.45) is 5.73 Å². The number of rotatable bonds is 9. The van der Waals surface area contributed by atoms with Crippen LogP contribution in [-0.4, -0.2) is 47.0 Å². The first-order valence-corrected chi connectivity index (χ1v) is 9.60. The molecule has 0 unspecified atom stereocenters. The molecule has 0 spiro atoms. The van der Waals surface area contributed by atoms with Gasteiger partial charge in [-0.25, -0.2) is 4.39 Å². The number of carbonyl (C=O) groups excluding carboxylic acids is 2. The van der Waals surface area contributed by atoms with Crippen molar-refractivity contribution in [2.45, 2.75) is 12.8 Å². The van der Waals surface area contributed by atoms with Crippen LogP contribution in [0.2, 0.25) is 0 Å². The summed E-state index contributed by atoms with van der Waals surface area (Å²) >= 11 is 0. The summed E-state index contributed by atoms with van der Waals surface area (Å²) in [5.41, 5.74) is 8.62. The highest BCUT2D eigenvalue weighted by molar-refractivity contribution is 6.03. The second-order valence-corrected chi connectivity index (χ2v) is 7.08. The molecule has 1 heterocycles. The number of hydrogen-bond acceptors (Lipinski definition) is 4. The smallest absolute Gasteiger partial charge is 0.250 e. The highest BCUT2D eigenvalue weighted by atomic mass is 19.1. The van der Waals surface area contributed by atoms with E-state index >= 15 is 0 Å². The van der Waals surface area contributed by atoms with Crippen LogP contribution < -0.4 is 11.1 Å². The van der Waals surface area contributed by atoms with Gasteiger partial charge < -0.3 is 11.1 Å². The number of benzene rings is 2. The number of aryl methyl sites for hydroxylation is 1. The third kappa shape index (κ3) is 5.74. The Hall–Kier alpha value is -3.52. The second-order valence-electron chi connectivity index (χ2n) is 7.08. The molecular weight excluding hydrogens is 385 g/mol. The summed E-state index contributed by atoms with van der Waals surface area (Å²) in [5, 5.41) is 10.00. The number of H-pyrrole nitrogens is 1. The molecule has 2 aromatic carbocycles. The third-order valence-corrected chi connectivity index (χ3v) is 4.64. The Morgan fingerprint density at radius 1 is 1.17 bits per heavy atom. The maximum atomic E-state index is 13.0. The molecule has 30 heavy (non-hydrogen) atoms. The van der Waals surface area contributed by atoms with Gasteiger partial charge >= 0.3 is 0 Å². The number of likely N-dealkylation sites (N-methyl/N-ethyl adjacent to an activating group) is 1. The monoisotopic (exact) mass is 409 g/mol. The van der Waals surface area contributed by atoms with E-state index in [1.165, 1.54) is 12.1 Å². The number of halogens is 1. The number of para-hydroxylation sites is 1. The van der Waals surface area contributed by atoms with Crippen molar-refractivity contribution in [3.8, 4) is 11.3 Å². The van der Waals surface area contributed by atoms with Gasteiger partial charge in [0.25, 0.3) is 5.91 Å². The number of aromatic amines is 1. The number of nitrogens with one attached hydrogen (secondary N) is 2. The molecular formula is C22H24FN5O2. The third-order valence-electron chi connectivity index (χ3n) is 4.64. The van der Waals surface area contributed by atoms with E-state index in [0.29, 0.717) is 12.2 Å². The van der Waals surface area contributed by atoms with E-state index < -0.39 is 5.91 Å². The van der Waals surface area contributed by atoms with Gasteiger partial charge in [-0.3, -0.25) is 19.6 Å². The van der Waals surface area contributed by atoms with Crippen LogP contribution in [0.1, 0.15) is 22.5 Å². The summed E-state index contributed by atoms with van der Waals surface area (Å²) in [6.07, 6.45) is 1.59. The maximum Gasteiger partial charge on any atom is 0.250 e. The summed E-state index contributed by atoms with van der Waals surface area (Å²) in [4.78, 5) is 25.6. The number of hydrogen-bond donors (Lipinski definition) is 3. The quantitative estimate of drug-likeness (QED) is 0.505. The lowest BCUT2D eigenvalue weighted by atomic mass is 10.1. The summed E-state index contributed by atoms with van der Waals surface area (Å²) in [6.45, 7) is 0.896. The van der Waals surface area contributed by atoms with Crippen LogP contribution in [-0.2, 0) is 11.2 Å². The van der Waals surface area contributed by atoms with E-state index in [4.69, 9.17) is 5.73 Å². The lowest BCUT2D eigenvalue weighted by Crippen LogP contribution is -2.31. The van der Waals surface area contributed by atoms with Crippen molar-refractivity contribution in [2.75, 3.05) is 25.5 Å². The van der Waals surface area contributed by atoms with Gasteiger partial charge in [0.15, 0.2) is 0 Å².